The van der Waals surface area contributed by atoms with Crippen molar-refractivity contribution in [1.82, 2.24) is 20.5 Å². The van der Waals surface area contributed by atoms with Gasteiger partial charge in [0.05, 0.1) is 0 Å². The van der Waals surface area contributed by atoms with Gasteiger partial charge in [-0.3, -0.25) is 14.5 Å². The lowest BCUT2D eigenvalue weighted by molar-refractivity contribution is -0.127. The van der Waals surface area contributed by atoms with Gasteiger partial charge < -0.3 is 15.6 Å². The van der Waals surface area contributed by atoms with Gasteiger partial charge in [-0.1, -0.05) is 25.1 Å². The second-order valence-corrected chi connectivity index (χ2v) is 7.02. The van der Waals surface area contributed by atoms with Crippen molar-refractivity contribution in [3.63, 3.8) is 0 Å². The number of hydrogen-bond acceptors (Lipinski definition) is 3. The van der Waals surface area contributed by atoms with Gasteiger partial charge >= 0.3 is 6.03 Å². The number of aromatic nitrogens is 1. The summed E-state index contributed by atoms with van der Waals surface area (Å²) in [6.07, 6.45) is 3.89. The fraction of sp³-hybridized carbons (Fsp3) is 0.450. The van der Waals surface area contributed by atoms with E-state index in [2.05, 4.69) is 15.6 Å². The minimum atomic E-state index is -0.622. The van der Waals surface area contributed by atoms with Crippen LogP contribution in [0.2, 0.25) is 0 Å². The number of aromatic amines is 1. The van der Waals surface area contributed by atoms with Gasteiger partial charge in [0.2, 0.25) is 5.91 Å². The average Bonchev–Trinajstić information content (AvgIpc) is 3.19. The maximum Gasteiger partial charge on any atom is 0.324 e. The van der Waals surface area contributed by atoms with E-state index in [1.54, 1.807) is 0 Å². The molecule has 1 fully saturated rings. The number of urea groups is 1. The molecule has 2 atom stereocenters. The number of benzene rings is 1. The zero-order valence-corrected chi connectivity index (χ0v) is 15.7. The predicted molar refractivity (Wildman–Crippen MR) is 103 cm³/mol. The molecule has 0 unspecified atom stereocenters. The summed E-state index contributed by atoms with van der Waals surface area (Å²) in [5.41, 5.74) is 2.11. The van der Waals surface area contributed by atoms with E-state index in [-0.39, 0.29) is 30.3 Å². The van der Waals surface area contributed by atoms with Crippen molar-refractivity contribution in [2.45, 2.75) is 51.6 Å². The van der Waals surface area contributed by atoms with Crippen LogP contribution in [0.3, 0.4) is 0 Å². The molecule has 1 aliphatic rings. The maximum atomic E-state index is 12.5. The minimum absolute atomic E-state index is 0.0939. The molecule has 3 rings (SSSR count). The van der Waals surface area contributed by atoms with E-state index in [1.165, 1.54) is 4.90 Å². The molecule has 7 heteroatoms. The summed E-state index contributed by atoms with van der Waals surface area (Å²) >= 11 is 0. The lowest BCUT2D eigenvalue weighted by Crippen LogP contribution is -2.35. The van der Waals surface area contributed by atoms with Gasteiger partial charge in [-0.25, -0.2) is 4.79 Å². The molecule has 0 bridgehead atoms. The normalized spacial score (nSPS) is 18.0. The van der Waals surface area contributed by atoms with E-state index >= 15 is 0 Å². The molecule has 144 valence electrons. The van der Waals surface area contributed by atoms with E-state index < -0.39 is 6.04 Å². The molecule has 1 saturated heterocycles. The number of hydrogen-bond donors (Lipinski definition) is 3. The second kappa shape index (κ2) is 8.24. The van der Waals surface area contributed by atoms with Crippen LogP contribution < -0.4 is 10.6 Å². The quantitative estimate of drug-likeness (QED) is 0.623. The van der Waals surface area contributed by atoms with Crippen LogP contribution in [-0.2, 0) is 16.0 Å². The fourth-order valence-corrected chi connectivity index (χ4v) is 3.28. The molecular weight excluding hydrogens is 344 g/mol. The van der Waals surface area contributed by atoms with E-state index in [1.807, 2.05) is 44.3 Å². The van der Waals surface area contributed by atoms with E-state index in [4.69, 9.17) is 0 Å². The van der Waals surface area contributed by atoms with Crippen LogP contribution in [0.1, 0.15) is 38.7 Å². The number of imide groups is 1. The van der Waals surface area contributed by atoms with E-state index in [9.17, 15) is 14.4 Å². The highest BCUT2D eigenvalue weighted by atomic mass is 16.2. The Morgan fingerprint density at radius 2 is 2.07 bits per heavy atom. The molecule has 2 heterocycles. The Morgan fingerprint density at radius 1 is 1.30 bits per heavy atom. The van der Waals surface area contributed by atoms with Crippen LogP contribution in [0.5, 0.6) is 0 Å². The highest BCUT2D eigenvalue weighted by Gasteiger charge is 2.37. The Balaban J connectivity index is 1.54. The predicted octanol–water partition coefficient (Wildman–Crippen LogP) is 2.33. The first-order valence-electron chi connectivity index (χ1n) is 9.45. The van der Waals surface area contributed by atoms with Gasteiger partial charge in [0.25, 0.3) is 5.91 Å². The highest BCUT2D eigenvalue weighted by molar-refractivity contribution is 6.04. The van der Waals surface area contributed by atoms with Gasteiger partial charge in [0, 0.05) is 36.1 Å². The molecule has 4 amide bonds. The highest BCUT2D eigenvalue weighted by Crippen LogP contribution is 2.19. The topological polar surface area (TPSA) is 94.3 Å². The molecule has 0 spiro atoms. The number of fused-ring (bicyclic) bond motifs is 1. The third kappa shape index (κ3) is 4.30. The lowest BCUT2D eigenvalue weighted by Gasteiger charge is -2.14. The zero-order valence-electron chi connectivity index (χ0n) is 15.7. The molecular formula is C20H26N4O3. The third-order valence-corrected chi connectivity index (χ3v) is 5.07. The van der Waals surface area contributed by atoms with Crippen LogP contribution >= 0.6 is 0 Å². The molecule has 0 saturated carbocycles. The van der Waals surface area contributed by atoms with Gasteiger partial charge in [0.15, 0.2) is 0 Å². The Hall–Kier alpha value is -2.83. The van der Waals surface area contributed by atoms with Crippen LogP contribution in [0.4, 0.5) is 4.79 Å². The minimum Gasteiger partial charge on any atom is -0.361 e. The van der Waals surface area contributed by atoms with Crippen molar-refractivity contribution in [3.8, 4) is 0 Å². The molecule has 0 radical (unpaired) electrons. The monoisotopic (exact) mass is 370 g/mol. The van der Waals surface area contributed by atoms with Crippen molar-refractivity contribution in [1.29, 1.82) is 0 Å². The SMILES string of the molecule is CC[C@H](C)NC(=O)CC[C@H]1NC(=O)N(CCc2c[nH]c3ccccc23)C1=O. The van der Waals surface area contributed by atoms with Crippen LogP contribution in [0.25, 0.3) is 10.9 Å². The van der Waals surface area contributed by atoms with Crippen molar-refractivity contribution in [2.24, 2.45) is 0 Å². The van der Waals surface area contributed by atoms with Crippen LogP contribution in [0.15, 0.2) is 30.5 Å². The van der Waals surface area contributed by atoms with Crippen molar-refractivity contribution in [3.05, 3.63) is 36.0 Å². The molecule has 3 N–H and O–H groups in total. The lowest BCUT2D eigenvalue weighted by atomic mass is 10.1. The molecule has 2 aromatic rings. The number of nitrogens with zero attached hydrogens (tertiary/aromatic N) is 1. The first kappa shape index (κ1) is 18.9. The van der Waals surface area contributed by atoms with Crippen LogP contribution in [0, 0.1) is 0 Å². The zero-order chi connectivity index (χ0) is 19.4. The van der Waals surface area contributed by atoms with Crippen molar-refractivity contribution >= 4 is 28.7 Å². The van der Waals surface area contributed by atoms with Gasteiger partial charge in [-0.05, 0) is 37.8 Å². The van der Waals surface area contributed by atoms with E-state index in [0.29, 0.717) is 19.4 Å². The Bertz CT molecular complexity index is 845. The fourth-order valence-electron chi connectivity index (χ4n) is 3.28. The smallest absolute Gasteiger partial charge is 0.324 e. The summed E-state index contributed by atoms with van der Waals surface area (Å²) in [6, 6.07) is 7.05. The van der Waals surface area contributed by atoms with Crippen LogP contribution in [-0.4, -0.2) is 46.4 Å². The number of carbonyl (C=O) groups excluding carboxylic acids is 3. The first-order valence-corrected chi connectivity index (χ1v) is 9.45. The number of H-pyrrole nitrogens is 1. The summed E-state index contributed by atoms with van der Waals surface area (Å²) in [6.45, 7) is 4.26. The standard InChI is InChI=1S/C20H26N4O3/c1-3-13(2)22-18(25)9-8-17-19(26)24(20(27)23-17)11-10-14-12-21-16-7-5-4-6-15(14)16/h4-7,12-13,17,21H,3,8-11H2,1-2H3,(H,22,25)(H,23,27)/t13-,17+/m0/s1. The van der Waals surface area contributed by atoms with E-state index in [0.717, 1.165) is 22.9 Å². The summed E-state index contributed by atoms with van der Waals surface area (Å²) in [7, 11) is 0. The summed E-state index contributed by atoms with van der Waals surface area (Å²) < 4.78 is 0. The second-order valence-electron chi connectivity index (χ2n) is 7.02. The molecule has 7 nitrogen and oxygen atoms in total. The van der Waals surface area contributed by atoms with Gasteiger partial charge in [-0.15, -0.1) is 0 Å². The number of nitrogens with one attached hydrogen (secondary N) is 3. The number of carbonyl (C=O) groups is 3. The maximum absolute atomic E-state index is 12.5. The molecule has 1 aromatic carbocycles. The molecule has 1 aromatic heterocycles. The molecule has 1 aliphatic heterocycles. The molecule has 0 aliphatic carbocycles. The van der Waals surface area contributed by atoms with Gasteiger partial charge in [-0.2, -0.15) is 0 Å². The number of amides is 4. The first-order chi connectivity index (χ1) is 13.0. The van der Waals surface area contributed by atoms with Crippen molar-refractivity contribution in [2.75, 3.05) is 6.54 Å². The Kier molecular flexibility index (Phi) is 5.78. The summed E-state index contributed by atoms with van der Waals surface area (Å²) in [4.78, 5) is 41.0. The summed E-state index contributed by atoms with van der Waals surface area (Å²) in [5, 5.41) is 6.66. The average molecular weight is 370 g/mol. The van der Waals surface area contributed by atoms with Crippen molar-refractivity contribution < 1.29 is 14.4 Å². The number of para-hydroxylation sites is 1. The largest absolute Gasteiger partial charge is 0.361 e. The van der Waals surface area contributed by atoms with Gasteiger partial charge in [0.1, 0.15) is 6.04 Å². The Labute approximate surface area is 158 Å². The summed E-state index contributed by atoms with van der Waals surface area (Å²) in [5.74, 6) is -0.347. The molecule has 27 heavy (non-hydrogen) atoms. The third-order valence-electron chi connectivity index (χ3n) is 5.07. The number of rotatable bonds is 8. The Morgan fingerprint density at radius 3 is 2.85 bits per heavy atom.